The first-order valence-electron chi connectivity index (χ1n) is 6.28. The number of carbonyl (C=O) groups is 1. The molecule has 0 radical (unpaired) electrons. The standard InChI is InChI=1S/C15H18O3/c1-17-14-9-7-12(8-10-14)11-18-15(16)13-5-3-2-4-6-13/h5,7-10H,2-4,6,11H2,1H3. The minimum absolute atomic E-state index is 0.175. The molecule has 0 N–H and O–H groups in total. The quantitative estimate of drug-likeness (QED) is 0.765. The molecule has 0 saturated carbocycles. The van der Waals surface area contributed by atoms with Gasteiger partial charge in [-0.05, 0) is 43.4 Å². The summed E-state index contributed by atoms with van der Waals surface area (Å²) in [4.78, 5) is 11.8. The maximum atomic E-state index is 11.8. The van der Waals surface area contributed by atoms with Gasteiger partial charge in [0.15, 0.2) is 0 Å². The number of ether oxygens (including phenoxy) is 2. The van der Waals surface area contributed by atoms with Gasteiger partial charge in [0, 0.05) is 5.57 Å². The predicted molar refractivity (Wildman–Crippen MR) is 69.3 cm³/mol. The molecule has 3 heteroatoms. The van der Waals surface area contributed by atoms with Crippen molar-refractivity contribution < 1.29 is 14.3 Å². The molecule has 1 aliphatic rings. The predicted octanol–water partition coefficient (Wildman–Crippen LogP) is 3.24. The summed E-state index contributed by atoms with van der Waals surface area (Å²) in [6.07, 6.45) is 6.10. The maximum Gasteiger partial charge on any atom is 0.334 e. The molecule has 0 fully saturated rings. The van der Waals surface area contributed by atoms with Gasteiger partial charge >= 0.3 is 5.97 Å². The number of esters is 1. The Morgan fingerprint density at radius 3 is 2.61 bits per heavy atom. The third kappa shape index (κ3) is 3.36. The van der Waals surface area contributed by atoms with Crippen molar-refractivity contribution in [1.82, 2.24) is 0 Å². The highest BCUT2D eigenvalue weighted by molar-refractivity contribution is 5.88. The number of methoxy groups -OCH3 is 1. The third-order valence-electron chi connectivity index (χ3n) is 3.08. The first-order valence-corrected chi connectivity index (χ1v) is 6.28. The third-order valence-corrected chi connectivity index (χ3v) is 3.08. The van der Waals surface area contributed by atoms with E-state index in [1.165, 1.54) is 6.42 Å². The van der Waals surface area contributed by atoms with Gasteiger partial charge in [-0.2, -0.15) is 0 Å². The molecular formula is C15H18O3. The minimum atomic E-state index is -0.175. The van der Waals surface area contributed by atoms with E-state index < -0.39 is 0 Å². The number of rotatable bonds is 4. The highest BCUT2D eigenvalue weighted by Crippen LogP contribution is 2.19. The summed E-state index contributed by atoms with van der Waals surface area (Å²) >= 11 is 0. The molecule has 1 aromatic rings. The maximum absolute atomic E-state index is 11.8. The second kappa shape index (κ2) is 6.24. The van der Waals surface area contributed by atoms with Crippen LogP contribution >= 0.6 is 0 Å². The lowest BCUT2D eigenvalue weighted by Gasteiger charge is -2.12. The Labute approximate surface area is 107 Å². The number of carbonyl (C=O) groups excluding carboxylic acids is 1. The zero-order valence-electron chi connectivity index (χ0n) is 10.6. The van der Waals surface area contributed by atoms with Crippen LogP contribution in [-0.4, -0.2) is 13.1 Å². The molecule has 1 aromatic carbocycles. The van der Waals surface area contributed by atoms with Crippen molar-refractivity contribution in [2.24, 2.45) is 0 Å². The number of hydrogen-bond acceptors (Lipinski definition) is 3. The average molecular weight is 246 g/mol. The Morgan fingerprint density at radius 2 is 2.00 bits per heavy atom. The molecule has 0 amide bonds. The molecule has 96 valence electrons. The van der Waals surface area contributed by atoms with Crippen molar-refractivity contribution >= 4 is 5.97 Å². The van der Waals surface area contributed by atoms with Crippen molar-refractivity contribution in [3.05, 3.63) is 41.5 Å². The van der Waals surface area contributed by atoms with Crippen molar-refractivity contribution in [2.45, 2.75) is 32.3 Å². The molecule has 1 aliphatic carbocycles. The van der Waals surface area contributed by atoms with Crippen LogP contribution in [0, 0.1) is 0 Å². The molecule has 0 atom stereocenters. The normalized spacial score (nSPS) is 14.8. The van der Waals surface area contributed by atoms with Crippen LogP contribution in [-0.2, 0) is 16.1 Å². The van der Waals surface area contributed by atoms with Crippen LogP contribution in [0.3, 0.4) is 0 Å². The lowest BCUT2D eigenvalue weighted by Crippen LogP contribution is -2.10. The summed E-state index contributed by atoms with van der Waals surface area (Å²) in [6.45, 7) is 0.320. The van der Waals surface area contributed by atoms with E-state index in [1.54, 1.807) is 7.11 Å². The molecular weight excluding hydrogens is 228 g/mol. The molecule has 18 heavy (non-hydrogen) atoms. The largest absolute Gasteiger partial charge is 0.497 e. The second-order valence-electron chi connectivity index (χ2n) is 4.40. The van der Waals surface area contributed by atoms with E-state index in [0.29, 0.717) is 6.61 Å². The van der Waals surface area contributed by atoms with E-state index in [1.807, 2.05) is 30.3 Å². The molecule has 0 aliphatic heterocycles. The fraction of sp³-hybridized carbons (Fsp3) is 0.400. The van der Waals surface area contributed by atoms with Crippen LogP contribution in [0.2, 0.25) is 0 Å². The average Bonchev–Trinajstić information content (AvgIpc) is 2.46. The van der Waals surface area contributed by atoms with E-state index in [0.717, 1.165) is 36.1 Å². The van der Waals surface area contributed by atoms with E-state index in [9.17, 15) is 4.79 Å². The van der Waals surface area contributed by atoms with Crippen LogP contribution in [0.15, 0.2) is 35.9 Å². The van der Waals surface area contributed by atoms with Crippen LogP contribution < -0.4 is 4.74 Å². The highest BCUT2D eigenvalue weighted by Gasteiger charge is 2.13. The number of hydrogen-bond donors (Lipinski definition) is 0. The van der Waals surface area contributed by atoms with Crippen LogP contribution in [0.5, 0.6) is 5.75 Å². The Bertz CT molecular complexity index is 432. The highest BCUT2D eigenvalue weighted by atomic mass is 16.5. The molecule has 0 aromatic heterocycles. The topological polar surface area (TPSA) is 35.5 Å². The molecule has 0 spiro atoms. The minimum Gasteiger partial charge on any atom is -0.497 e. The second-order valence-corrected chi connectivity index (χ2v) is 4.40. The monoisotopic (exact) mass is 246 g/mol. The van der Waals surface area contributed by atoms with Crippen molar-refractivity contribution in [3.63, 3.8) is 0 Å². The summed E-state index contributed by atoms with van der Waals surface area (Å²) in [5.74, 6) is 0.630. The van der Waals surface area contributed by atoms with Gasteiger partial charge in [-0.25, -0.2) is 4.79 Å². The van der Waals surface area contributed by atoms with Gasteiger partial charge in [-0.15, -0.1) is 0 Å². The SMILES string of the molecule is COc1ccc(COC(=O)C2=CCCCC2)cc1. The van der Waals surface area contributed by atoms with Crippen LogP contribution in [0.25, 0.3) is 0 Å². The zero-order valence-corrected chi connectivity index (χ0v) is 10.6. The van der Waals surface area contributed by atoms with Crippen LogP contribution in [0.4, 0.5) is 0 Å². The summed E-state index contributed by atoms with van der Waals surface area (Å²) in [5, 5.41) is 0. The summed E-state index contributed by atoms with van der Waals surface area (Å²) in [7, 11) is 1.63. The Balaban J connectivity index is 1.86. The molecule has 2 rings (SSSR count). The smallest absolute Gasteiger partial charge is 0.334 e. The van der Waals surface area contributed by atoms with Gasteiger partial charge in [-0.3, -0.25) is 0 Å². The van der Waals surface area contributed by atoms with Crippen molar-refractivity contribution in [1.29, 1.82) is 0 Å². The van der Waals surface area contributed by atoms with Crippen molar-refractivity contribution in [2.75, 3.05) is 7.11 Å². The molecule has 3 nitrogen and oxygen atoms in total. The number of benzene rings is 1. The molecule has 0 heterocycles. The lowest BCUT2D eigenvalue weighted by molar-refractivity contribution is -0.140. The van der Waals surface area contributed by atoms with E-state index in [-0.39, 0.29) is 5.97 Å². The first kappa shape index (κ1) is 12.7. The lowest BCUT2D eigenvalue weighted by atomic mass is 10.00. The fourth-order valence-corrected chi connectivity index (χ4v) is 1.99. The van der Waals surface area contributed by atoms with Crippen molar-refractivity contribution in [3.8, 4) is 5.75 Å². The Morgan fingerprint density at radius 1 is 1.22 bits per heavy atom. The first-order chi connectivity index (χ1) is 8.79. The summed E-state index contributed by atoms with van der Waals surface area (Å²) in [6, 6.07) is 7.54. The van der Waals surface area contributed by atoms with Crippen LogP contribution in [0.1, 0.15) is 31.2 Å². The van der Waals surface area contributed by atoms with Gasteiger partial charge < -0.3 is 9.47 Å². The molecule has 0 unspecified atom stereocenters. The zero-order chi connectivity index (χ0) is 12.8. The molecule has 0 saturated heterocycles. The summed E-state index contributed by atoms with van der Waals surface area (Å²) < 4.78 is 10.4. The molecule has 0 bridgehead atoms. The number of allylic oxidation sites excluding steroid dienone is 1. The van der Waals surface area contributed by atoms with Gasteiger partial charge in [0.2, 0.25) is 0 Å². The van der Waals surface area contributed by atoms with E-state index in [2.05, 4.69) is 0 Å². The van der Waals surface area contributed by atoms with E-state index in [4.69, 9.17) is 9.47 Å². The van der Waals surface area contributed by atoms with Gasteiger partial charge in [-0.1, -0.05) is 18.2 Å². The Kier molecular flexibility index (Phi) is 4.40. The van der Waals surface area contributed by atoms with E-state index >= 15 is 0 Å². The Hall–Kier alpha value is -1.77. The summed E-state index contributed by atoms with van der Waals surface area (Å²) in [5.41, 5.74) is 1.80. The van der Waals surface area contributed by atoms with Gasteiger partial charge in [0.1, 0.15) is 12.4 Å². The fourth-order valence-electron chi connectivity index (χ4n) is 1.99. The van der Waals surface area contributed by atoms with Gasteiger partial charge in [0.05, 0.1) is 7.11 Å². The van der Waals surface area contributed by atoms with Gasteiger partial charge in [0.25, 0.3) is 0 Å².